The monoisotopic (exact) mass is 239 g/mol. The highest BCUT2D eigenvalue weighted by molar-refractivity contribution is 5.37. The molecule has 2 nitrogen and oxygen atoms in total. The number of unbranched alkanes of at least 4 members (excludes halogenated alkanes) is 1. The second-order valence-electron chi connectivity index (χ2n) is 4.11. The molecule has 17 heavy (non-hydrogen) atoms. The largest absolute Gasteiger partial charge is 0.496 e. The zero-order valence-electron chi connectivity index (χ0n) is 10.9. The van der Waals surface area contributed by atoms with E-state index in [9.17, 15) is 4.39 Å². The summed E-state index contributed by atoms with van der Waals surface area (Å²) in [4.78, 5) is 0. The molecule has 0 aliphatic heterocycles. The van der Waals surface area contributed by atoms with Crippen LogP contribution in [0.2, 0.25) is 0 Å². The Balaban J connectivity index is 2.98. The SMILES string of the molecule is CCCCC(NCC)c1c(F)cccc1OC. The Labute approximate surface area is 103 Å². The van der Waals surface area contributed by atoms with E-state index in [1.807, 2.05) is 13.0 Å². The Hall–Kier alpha value is -1.09. The Morgan fingerprint density at radius 1 is 1.35 bits per heavy atom. The molecule has 1 aromatic carbocycles. The maximum absolute atomic E-state index is 13.9. The second-order valence-corrected chi connectivity index (χ2v) is 4.11. The van der Waals surface area contributed by atoms with Crippen LogP contribution in [-0.2, 0) is 0 Å². The predicted molar refractivity (Wildman–Crippen MR) is 68.9 cm³/mol. The van der Waals surface area contributed by atoms with E-state index in [0.717, 1.165) is 25.8 Å². The van der Waals surface area contributed by atoms with Crippen molar-refractivity contribution in [1.82, 2.24) is 5.32 Å². The second kappa shape index (κ2) is 7.28. The molecule has 1 N–H and O–H groups in total. The van der Waals surface area contributed by atoms with Crippen molar-refractivity contribution in [2.75, 3.05) is 13.7 Å². The molecule has 0 saturated heterocycles. The summed E-state index contributed by atoms with van der Waals surface area (Å²) in [7, 11) is 1.58. The lowest BCUT2D eigenvalue weighted by Gasteiger charge is -2.21. The molecule has 0 aliphatic carbocycles. The van der Waals surface area contributed by atoms with Gasteiger partial charge >= 0.3 is 0 Å². The van der Waals surface area contributed by atoms with Gasteiger partial charge in [-0.2, -0.15) is 0 Å². The maximum Gasteiger partial charge on any atom is 0.131 e. The lowest BCUT2D eigenvalue weighted by molar-refractivity contribution is 0.384. The van der Waals surface area contributed by atoms with Crippen molar-refractivity contribution in [2.24, 2.45) is 0 Å². The first-order chi connectivity index (χ1) is 8.24. The molecule has 0 aliphatic rings. The first-order valence-electron chi connectivity index (χ1n) is 6.30. The van der Waals surface area contributed by atoms with E-state index in [4.69, 9.17) is 4.74 Å². The fourth-order valence-electron chi connectivity index (χ4n) is 2.04. The average Bonchev–Trinajstić information content (AvgIpc) is 2.34. The van der Waals surface area contributed by atoms with Crippen LogP contribution in [0.4, 0.5) is 4.39 Å². The van der Waals surface area contributed by atoms with Gasteiger partial charge in [0.05, 0.1) is 7.11 Å². The van der Waals surface area contributed by atoms with Crippen molar-refractivity contribution in [3.05, 3.63) is 29.6 Å². The molecule has 96 valence electrons. The van der Waals surface area contributed by atoms with Gasteiger partial charge in [0.15, 0.2) is 0 Å². The van der Waals surface area contributed by atoms with Gasteiger partial charge in [-0.3, -0.25) is 0 Å². The summed E-state index contributed by atoms with van der Waals surface area (Å²) in [6.45, 7) is 5.00. The summed E-state index contributed by atoms with van der Waals surface area (Å²) in [5.41, 5.74) is 0.658. The van der Waals surface area contributed by atoms with E-state index in [1.54, 1.807) is 13.2 Å². The topological polar surface area (TPSA) is 21.3 Å². The molecule has 0 fully saturated rings. The first-order valence-corrected chi connectivity index (χ1v) is 6.30. The molecular weight excluding hydrogens is 217 g/mol. The van der Waals surface area contributed by atoms with Gasteiger partial charge in [-0.15, -0.1) is 0 Å². The molecule has 0 aromatic heterocycles. The van der Waals surface area contributed by atoms with Crippen molar-refractivity contribution in [1.29, 1.82) is 0 Å². The smallest absolute Gasteiger partial charge is 0.131 e. The molecule has 1 rings (SSSR count). The van der Waals surface area contributed by atoms with Crippen LogP contribution < -0.4 is 10.1 Å². The van der Waals surface area contributed by atoms with Crippen LogP contribution in [0.15, 0.2) is 18.2 Å². The van der Waals surface area contributed by atoms with Crippen LogP contribution in [0.3, 0.4) is 0 Å². The minimum atomic E-state index is -0.189. The van der Waals surface area contributed by atoms with E-state index < -0.39 is 0 Å². The molecule has 0 amide bonds. The Morgan fingerprint density at radius 3 is 2.71 bits per heavy atom. The average molecular weight is 239 g/mol. The Bertz CT molecular complexity index is 341. The molecule has 0 spiro atoms. The van der Waals surface area contributed by atoms with Crippen molar-refractivity contribution in [2.45, 2.75) is 39.2 Å². The number of benzene rings is 1. The van der Waals surface area contributed by atoms with Crippen LogP contribution in [-0.4, -0.2) is 13.7 Å². The number of hydrogen-bond donors (Lipinski definition) is 1. The molecule has 0 bridgehead atoms. The third kappa shape index (κ3) is 3.70. The summed E-state index contributed by atoms with van der Waals surface area (Å²) in [5, 5.41) is 3.33. The van der Waals surface area contributed by atoms with Crippen LogP contribution in [0.5, 0.6) is 5.75 Å². The lowest BCUT2D eigenvalue weighted by Crippen LogP contribution is -2.22. The highest BCUT2D eigenvalue weighted by Gasteiger charge is 2.18. The van der Waals surface area contributed by atoms with Gasteiger partial charge in [-0.25, -0.2) is 4.39 Å². The number of nitrogens with one attached hydrogen (secondary N) is 1. The van der Waals surface area contributed by atoms with Crippen LogP contribution in [0.1, 0.15) is 44.7 Å². The first kappa shape index (κ1) is 14.0. The van der Waals surface area contributed by atoms with Crippen molar-refractivity contribution in [3.8, 4) is 5.75 Å². The van der Waals surface area contributed by atoms with Gasteiger partial charge in [-0.05, 0) is 25.1 Å². The Morgan fingerprint density at radius 2 is 2.12 bits per heavy atom. The van der Waals surface area contributed by atoms with Gasteiger partial charge < -0.3 is 10.1 Å². The molecule has 1 aromatic rings. The summed E-state index contributed by atoms with van der Waals surface area (Å²) >= 11 is 0. The molecule has 0 radical (unpaired) electrons. The number of methoxy groups -OCH3 is 1. The normalized spacial score (nSPS) is 12.5. The molecule has 0 saturated carbocycles. The zero-order chi connectivity index (χ0) is 12.7. The Kier molecular flexibility index (Phi) is 5.98. The van der Waals surface area contributed by atoms with Gasteiger partial charge in [0.25, 0.3) is 0 Å². The number of halogens is 1. The van der Waals surface area contributed by atoms with Gasteiger partial charge in [-0.1, -0.05) is 32.8 Å². The quantitative estimate of drug-likeness (QED) is 0.783. The predicted octanol–water partition coefficient (Wildman–Crippen LogP) is 3.68. The van der Waals surface area contributed by atoms with Gasteiger partial charge in [0.2, 0.25) is 0 Å². The van der Waals surface area contributed by atoms with Crippen molar-refractivity contribution in [3.63, 3.8) is 0 Å². The van der Waals surface area contributed by atoms with Crippen molar-refractivity contribution < 1.29 is 9.13 Å². The van der Waals surface area contributed by atoms with E-state index in [0.29, 0.717) is 11.3 Å². The molecule has 1 unspecified atom stereocenters. The van der Waals surface area contributed by atoms with E-state index >= 15 is 0 Å². The highest BCUT2D eigenvalue weighted by Crippen LogP contribution is 2.30. The molecule has 3 heteroatoms. The fraction of sp³-hybridized carbons (Fsp3) is 0.571. The van der Waals surface area contributed by atoms with E-state index in [2.05, 4.69) is 12.2 Å². The number of hydrogen-bond acceptors (Lipinski definition) is 2. The van der Waals surface area contributed by atoms with E-state index in [1.165, 1.54) is 6.07 Å². The zero-order valence-corrected chi connectivity index (χ0v) is 10.9. The standard InChI is InChI=1S/C14H22FNO/c1-4-6-9-12(16-5-2)14-11(15)8-7-10-13(14)17-3/h7-8,10,12,16H,4-6,9H2,1-3H3. The maximum atomic E-state index is 13.9. The van der Waals surface area contributed by atoms with Crippen LogP contribution >= 0.6 is 0 Å². The van der Waals surface area contributed by atoms with E-state index in [-0.39, 0.29) is 11.9 Å². The molecular formula is C14H22FNO. The number of rotatable bonds is 7. The lowest BCUT2D eigenvalue weighted by atomic mass is 9.99. The highest BCUT2D eigenvalue weighted by atomic mass is 19.1. The van der Waals surface area contributed by atoms with Gasteiger partial charge in [0, 0.05) is 11.6 Å². The van der Waals surface area contributed by atoms with Crippen molar-refractivity contribution >= 4 is 0 Å². The summed E-state index contributed by atoms with van der Waals surface area (Å²) in [6.07, 6.45) is 3.12. The summed E-state index contributed by atoms with van der Waals surface area (Å²) in [6, 6.07) is 5.03. The minimum Gasteiger partial charge on any atom is -0.496 e. The van der Waals surface area contributed by atoms with Crippen LogP contribution in [0.25, 0.3) is 0 Å². The minimum absolute atomic E-state index is 0.0381. The third-order valence-electron chi connectivity index (χ3n) is 2.88. The fourth-order valence-corrected chi connectivity index (χ4v) is 2.04. The van der Waals surface area contributed by atoms with Crippen LogP contribution in [0, 0.1) is 5.82 Å². The molecule has 1 atom stereocenters. The summed E-state index contributed by atoms with van der Waals surface area (Å²) < 4.78 is 19.2. The molecule has 0 heterocycles. The third-order valence-corrected chi connectivity index (χ3v) is 2.88. The number of ether oxygens (including phenoxy) is 1. The summed E-state index contributed by atoms with van der Waals surface area (Å²) in [5.74, 6) is 0.443. The van der Waals surface area contributed by atoms with Gasteiger partial charge in [0.1, 0.15) is 11.6 Å².